The van der Waals surface area contributed by atoms with Crippen molar-refractivity contribution in [1.82, 2.24) is 15.6 Å². The highest BCUT2D eigenvalue weighted by Crippen LogP contribution is 2.16. The molecule has 0 saturated heterocycles. The van der Waals surface area contributed by atoms with Gasteiger partial charge in [0.1, 0.15) is 5.82 Å². The highest BCUT2D eigenvalue weighted by molar-refractivity contribution is 14.0. The normalized spacial score (nSPS) is 12.1. The fourth-order valence-electron chi connectivity index (χ4n) is 2.71. The van der Waals surface area contributed by atoms with Gasteiger partial charge in [0.05, 0.1) is 0 Å². The summed E-state index contributed by atoms with van der Waals surface area (Å²) in [6, 6.07) is 12.7. The highest BCUT2D eigenvalue weighted by Gasteiger charge is 2.09. The van der Waals surface area contributed by atoms with Crippen molar-refractivity contribution in [1.29, 1.82) is 0 Å². The van der Waals surface area contributed by atoms with Gasteiger partial charge in [-0.3, -0.25) is 4.99 Å². The number of nitrogens with zero attached hydrogens (tertiary/aromatic N) is 3. The van der Waals surface area contributed by atoms with Crippen molar-refractivity contribution in [3.63, 3.8) is 0 Å². The molecule has 0 bridgehead atoms. The molecule has 1 aromatic heterocycles. The van der Waals surface area contributed by atoms with E-state index in [1.165, 1.54) is 11.1 Å². The number of aryl methyl sites for hydroxylation is 1. The van der Waals surface area contributed by atoms with Gasteiger partial charge in [-0.15, -0.1) is 24.0 Å². The van der Waals surface area contributed by atoms with Gasteiger partial charge in [-0.2, -0.15) is 0 Å². The molecule has 0 spiro atoms. The van der Waals surface area contributed by atoms with Gasteiger partial charge in [0.2, 0.25) is 0 Å². The van der Waals surface area contributed by atoms with Crippen LogP contribution in [0.25, 0.3) is 0 Å². The SMILES string of the molecule is CN=C(NCc1cccnc1N(C)C)NCC(C)c1cccc(C)c1.I. The van der Waals surface area contributed by atoms with Crippen molar-refractivity contribution in [2.75, 3.05) is 32.6 Å². The zero-order valence-electron chi connectivity index (χ0n) is 16.3. The number of hydrogen-bond acceptors (Lipinski definition) is 3. The van der Waals surface area contributed by atoms with Gasteiger partial charge in [0.15, 0.2) is 5.96 Å². The van der Waals surface area contributed by atoms with E-state index >= 15 is 0 Å². The number of benzene rings is 1. The lowest BCUT2D eigenvalue weighted by Crippen LogP contribution is -2.38. The summed E-state index contributed by atoms with van der Waals surface area (Å²) >= 11 is 0. The van der Waals surface area contributed by atoms with Crippen LogP contribution in [0.15, 0.2) is 47.6 Å². The van der Waals surface area contributed by atoms with E-state index < -0.39 is 0 Å². The predicted molar refractivity (Wildman–Crippen MR) is 122 cm³/mol. The third-order valence-electron chi connectivity index (χ3n) is 4.15. The zero-order chi connectivity index (χ0) is 18.2. The van der Waals surface area contributed by atoms with E-state index in [9.17, 15) is 0 Å². The number of anilines is 1. The third kappa shape index (κ3) is 6.48. The van der Waals surface area contributed by atoms with Crippen molar-refractivity contribution in [3.05, 3.63) is 59.3 Å². The summed E-state index contributed by atoms with van der Waals surface area (Å²) in [7, 11) is 5.80. The van der Waals surface area contributed by atoms with Crippen LogP contribution >= 0.6 is 24.0 Å². The first-order chi connectivity index (χ1) is 12.0. The summed E-state index contributed by atoms with van der Waals surface area (Å²) in [4.78, 5) is 10.8. The molecule has 0 aliphatic carbocycles. The largest absolute Gasteiger partial charge is 0.362 e. The molecule has 1 atom stereocenters. The molecule has 5 nitrogen and oxygen atoms in total. The summed E-state index contributed by atoms with van der Waals surface area (Å²) < 4.78 is 0. The molecule has 0 fully saturated rings. The van der Waals surface area contributed by atoms with Crippen molar-refractivity contribution < 1.29 is 0 Å². The van der Waals surface area contributed by atoms with Gasteiger partial charge >= 0.3 is 0 Å². The molecule has 0 radical (unpaired) electrons. The van der Waals surface area contributed by atoms with E-state index in [-0.39, 0.29) is 24.0 Å². The summed E-state index contributed by atoms with van der Waals surface area (Å²) in [5.74, 6) is 2.18. The Morgan fingerprint density at radius 2 is 1.96 bits per heavy atom. The number of rotatable bonds is 6. The van der Waals surface area contributed by atoms with Gasteiger partial charge in [0, 0.05) is 46.0 Å². The molecular weight excluding hydrogens is 437 g/mol. The van der Waals surface area contributed by atoms with Crippen LogP contribution < -0.4 is 15.5 Å². The fraction of sp³-hybridized carbons (Fsp3) is 0.400. The number of hydrogen-bond donors (Lipinski definition) is 2. The van der Waals surface area contributed by atoms with Crippen LogP contribution in [0, 0.1) is 6.92 Å². The Morgan fingerprint density at radius 3 is 2.62 bits per heavy atom. The second kappa shape index (κ2) is 11.0. The molecule has 6 heteroatoms. The Kier molecular flexibility index (Phi) is 9.40. The number of aliphatic imine (C=N–C) groups is 1. The van der Waals surface area contributed by atoms with Crippen molar-refractivity contribution in [2.45, 2.75) is 26.3 Å². The molecule has 0 aliphatic heterocycles. The van der Waals surface area contributed by atoms with Gasteiger partial charge < -0.3 is 15.5 Å². The molecule has 0 saturated carbocycles. The topological polar surface area (TPSA) is 52.6 Å². The number of nitrogens with one attached hydrogen (secondary N) is 2. The maximum absolute atomic E-state index is 4.43. The Bertz CT molecular complexity index is 715. The highest BCUT2D eigenvalue weighted by atomic mass is 127. The predicted octanol–water partition coefficient (Wildman–Crippen LogP) is 3.54. The smallest absolute Gasteiger partial charge is 0.191 e. The summed E-state index contributed by atoms with van der Waals surface area (Å²) in [5, 5.41) is 6.78. The Labute approximate surface area is 174 Å². The van der Waals surface area contributed by atoms with Crippen LogP contribution in [-0.2, 0) is 6.54 Å². The Morgan fingerprint density at radius 1 is 1.19 bits per heavy atom. The minimum absolute atomic E-state index is 0. The number of halogens is 1. The summed E-state index contributed by atoms with van der Waals surface area (Å²) in [5.41, 5.74) is 3.77. The van der Waals surface area contributed by atoms with E-state index in [2.05, 4.69) is 64.8 Å². The number of pyridine rings is 1. The number of aromatic nitrogens is 1. The first-order valence-electron chi connectivity index (χ1n) is 8.63. The molecule has 1 unspecified atom stereocenters. The standard InChI is InChI=1S/C20H29N5.HI/c1-15-8-6-9-17(12-15)16(2)13-23-20(21-3)24-14-18-10-7-11-22-19(18)25(4)5;/h6-12,16H,13-14H2,1-5H3,(H2,21,23,24);1H. The average Bonchev–Trinajstić information content (AvgIpc) is 2.61. The monoisotopic (exact) mass is 467 g/mol. The van der Waals surface area contributed by atoms with Crippen LogP contribution in [-0.4, -0.2) is 38.6 Å². The van der Waals surface area contributed by atoms with E-state index in [0.29, 0.717) is 12.5 Å². The molecular formula is C20H30IN5. The molecule has 2 N–H and O–H groups in total. The Balaban J connectivity index is 0.00000338. The first kappa shape index (κ1) is 22.2. The summed E-state index contributed by atoms with van der Waals surface area (Å²) in [6.45, 7) is 5.86. The van der Waals surface area contributed by atoms with Gasteiger partial charge in [-0.25, -0.2) is 4.98 Å². The van der Waals surface area contributed by atoms with Gasteiger partial charge in [0.25, 0.3) is 0 Å². The van der Waals surface area contributed by atoms with E-state index in [4.69, 9.17) is 0 Å². The number of guanidine groups is 1. The molecule has 2 aromatic rings. The van der Waals surface area contributed by atoms with Crippen LogP contribution in [0.5, 0.6) is 0 Å². The van der Waals surface area contributed by atoms with Crippen molar-refractivity contribution in [2.24, 2.45) is 4.99 Å². The quantitative estimate of drug-likeness (QED) is 0.388. The minimum Gasteiger partial charge on any atom is -0.362 e. The molecule has 0 aliphatic rings. The second-order valence-electron chi connectivity index (χ2n) is 6.50. The lowest BCUT2D eigenvalue weighted by atomic mass is 9.99. The van der Waals surface area contributed by atoms with Crippen LogP contribution in [0.2, 0.25) is 0 Å². The van der Waals surface area contributed by atoms with Gasteiger partial charge in [-0.1, -0.05) is 42.8 Å². The molecule has 0 amide bonds. The average molecular weight is 467 g/mol. The Hall–Kier alpha value is -1.83. The lowest BCUT2D eigenvalue weighted by molar-refractivity contribution is 0.698. The fourth-order valence-corrected chi connectivity index (χ4v) is 2.71. The van der Waals surface area contributed by atoms with E-state index in [1.807, 2.05) is 31.3 Å². The van der Waals surface area contributed by atoms with Crippen LogP contribution in [0.3, 0.4) is 0 Å². The zero-order valence-corrected chi connectivity index (χ0v) is 18.6. The second-order valence-corrected chi connectivity index (χ2v) is 6.50. The van der Waals surface area contributed by atoms with Crippen LogP contribution in [0.1, 0.15) is 29.5 Å². The van der Waals surface area contributed by atoms with Crippen molar-refractivity contribution in [3.8, 4) is 0 Å². The maximum Gasteiger partial charge on any atom is 0.191 e. The van der Waals surface area contributed by atoms with Gasteiger partial charge in [-0.05, 0) is 24.5 Å². The maximum atomic E-state index is 4.43. The van der Waals surface area contributed by atoms with E-state index in [0.717, 1.165) is 23.9 Å². The van der Waals surface area contributed by atoms with E-state index in [1.54, 1.807) is 7.05 Å². The first-order valence-corrected chi connectivity index (χ1v) is 8.63. The van der Waals surface area contributed by atoms with Crippen LogP contribution in [0.4, 0.5) is 5.82 Å². The molecule has 1 aromatic carbocycles. The molecule has 142 valence electrons. The minimum atomic E-state index is 0. The third-order valence-corrected chi connectivity index (χ3v) is 4.15. The van der Waals surface area contributed by atoms with Crippen molar-refractivity contribution >= 4 is 35.8 Å². The molecule has 1 heterocycles. The lowest BCUT2D eigenvalue weighted by Gasteiger charge is -2.19. The molecule has 2 rings (SSSR count). The summed E-state index contributed by atoms with van der Waals surface area (Å²) in [6.07, 6.45) is 1.81. The molecule has 26 heavy (non-hydrogen) atoms.